The molecule has 21 heavy (non-hydrogen) atoms. The third kappa shape index (κ3) is 20.3. The number of rotatable bonds is 4. The Morgan fingerprint density at radius 1 is 0.857 bits per heavy atom. The van der Waals surface area contributed by atoms with Crippen LogP contribution in [0.1, 0.15) is 40.5 Å². The second-order valence-corrected chi connectivity index (χ2v) is 6.59. The number of thiol groups is 2. The van der Waals surface area contributed by atoms with E-state index >= 15 is 0 Å². The van der Waals surface area contributed by atoms with Crippen LogP contribution in [0.4, 0.5) is 0 Å². The third-order valence-electron chi connectivity index (χ3n) is 2.00. The van der Waals surface area contributed by atoms with E-state index in [1.807, 2.05) is 40.2 Å². The van der Waals surface area contributed by atoms with Crippen molar-refractivity contribution < 1.29 is 16.8 Å². The van der Waals surface area contributed by atoms with Crippen LogP contribution >= 0.6 is 23.5 Å². The predicted molar refractivity (Wildman–Crippen MR) is 108 cm³/mol. The van der Waals surface area contributed by atoms with Crippen molar-refractivity contribution in [3.63, 3.8) is 0 Å². The molecule has 9 heteroatoms. The second-order valence-electron chi connectivity index (χ2n) is 3.55. The van der Waals surface area contributed by atoms with E-state index in [4.69, 9.17) is 0 Å². The van der Waals surface area contributed by atoms with Gasteiger partial charge in [-0.2, -0.15) is 0 Å². The van der Waals surface area contributed by atoms with Crippen LogP contribution in [0.25, 0.3) is 10.9 Å². The fourth-order valence-electron chi connectivity index (χ4n) is 0.479. The van der Waals surface area contributed by atoms with Crippen LogP contribution < -0.4 is 0 Å². The van der Waals surface area contributed by atoms with Gasteiger partial charge in [-0.3, -0.25) is 0 Å². The molecule has 4 nitrogen and oxygen atoms in total. The monoisotopic (exact) mass is 411 g/mol. The summed E-state index contributed by atoms with van der Waals surface area (Å²) in [4.78, 5) is 0. The van der Waals surface area contributed by atoms with E-state index in [0.717, 1.165) is 24.3 Å². The van der Waals surface area contributed by atoms with Crippen molar-refractivity contribution in [3.8, 4) is 0 Å². The van der Waals surface area contributed by atoms with Gasteiger partial charge in [0.15, 0.2) is 33.1 Å². The molecule has 0 atom stereocenters. The van der Waals surface area contributed by atoms with Gasteiger partial charge in [0.05, 0.1) is 0 Å². The summed E-state index contributed by atoms with van der Waals surface area (Å²) in [7, 11) is 0. The Morgan fingerprint density at radius 3 is 1.33 bits per heavy atom. The van der Waals surface area contributed by atoms with Crippen molar-refractivity contribution in [2.75, 3.05) is 12.5 Å². The zero-order valence-corrected chi connectivity index (χ0v) is 17.7. The van der Waals surface area contributed by atoms with E-state index < -0.39 is 0 Å². The zero-order valence-electron chi connectivity index (χ0n) is 13.2. The molecule has 0 rings (SSSR count). The van der Waals surface area contributed by atoms with E-state index in [1.165, 1.54) is 23.5 Å². The maximum atomic E-state index is 4.05. The van der Waals surface area contributed by atoms with Gasteiger partial charge in [-0.1, -0.05) is 37.4 Å². The summed E-state index contributed by atoms with van der Waals surface area (Å²) in [5.41, 5.74) is 9.75. The molecule has 0 spiro atoms. The van der Waals surface area contributed by atoms with E-state index in [-0.39, 0.29) is 16.8 Å². The molecule has 0 bridgehead atoms. The van der Waals surface area contributed by atoms with Gasteiger partial charge < -0.3 is 21.1 Å². The van der Waals surface area contributed by atoms with Crippen LogP contribution in [0.2, 0.25) is 0 Å². The summed E-state index contributed by atoms with van der Waals surface area (Å²) < 4.78 is 1.40. The molecule has 0 aliphatic carbocycles. The minimum atomic E-state index is 0. The van der Waals surface area contributed by atoms with Crippen molar-refractivity contribution in [1.29, 1.82) is 0 Å². The van der Waals surface area contributed by atoms with Gasteiger partial charge in [0.2, 0.25) is 0 Å². The van der Waals surface area contributed by atoms with Crippen molar-refractivity contribution >= 4 is 68.0 Å². The fraction of sp³-hybridized carbons (Fsp3) is 0.667. The Morgan fingerprint density at radius 2 is 1.14 bits per heavy atom. The molecule has 0 aliphatic heterocycles. The normalized spacial score (nSPS) is 10.8. The van der Waals surface area contributed by atoms with Crippen LogP contribution in [-0.4, -0.2) is 32.6 Å². The summed E-state index contributed by atoms with van der Waals surface area (Å²) in [6.45, 7) is 7.99. The molecule has 0 aromatic carbocycles. The van der Waals surface area contributed by atoms with Gasteiger partial charge in [0.25, 0.3) is 0 Å². The number of hydrogen-bond acceptors (Lipinski definition) is 4. The number of nitrogens with zero attached hydrogens (tertiary/aromatic N) is 4. The third-order valence-corrected chi connectivity index (χ3v) is 4.17. The molecule has 1 radical (unpaired) electrons. The SMILES string of the molecule is CCC(C)=N[N-]C(=[SH+])SC.CCC(C)=N[N-]C(=[SH+])SC.[Co]. The molecule has 0 saturated heterocycles. The second kappa shape index (κ2) is 18.4. The zero-order chi connectivity index (χ0) is 16.0. The quantitative estimate of drug-likeness (QED) is 0.233. The molecule has 0 heterocycles. The molecule has 0 unspecified atom stereocenters. The van der Waals surface area contributed by atoms with Gasteiger partial charge in [0, 0.05) is 16.8 Å². The summed E-state index contributed by atoms with van der Waals surface area (Å²) in [5, 5.41) is 7.84. The first-order valence-corrected chi connectivity index (χ1v) is 9.43. The summed E-state index contributed by atoms with van der Waals surface area (Å²) in [6, 6.07) is 0. The van der Waals surface area contributed by atoms with Crippen LogP contribution in [-0.2, 0) is 41.2 Å². The fourth-order valence-corrected chi connectivity index (χ4v) is 0.814. The van der Waals surface area contributed by atoms with Crippen molar-refractivity contribution in [2.24, 2.45) is 10.2 Å². The summed E-state index contributed by atoms with van der Waals surface area (Å²) in [5.74, 6) is 0. The molecule has 0 amide bonds. The molecule has 0 N–H and O–H groups in total. The molecule has 0 saturated carbocycles. The average Bonchev–Trinajstić information content (AvgIpc) is 2.49. The Hall–Kier alpha value is 0.326. The maximum Gasteiger partial charge on any atom is 0.174 e. The first-order chi connectivity index (χ1) is 9.40. The molecule has 0 aromatic heterocycles. The van der Waals surface area contributed by atoms with Gasteiger partial charge >= 0.3 is 0 Å². The van der Waals surface area contributed by atoms with Crippen molar-refractivity contribution in [3.05, 3.63) is 10.9 Å². The molecular formula is C12H24CoN4S4. The van der Waals surface area contributed by atoms with E-state index in [1.54, 1.807) is 0 Å². The Balaban J connectivity index is -0.000000295. The van der Waals surface area contributed by atoms with E-state index in [9.17, 15) is 0 Å². The molecule has 0 aliphatic rings. The first kappa shape index (κ1) is 26.2. The van der Waals surface area contributed by atoms with Crippen LogP contribution in [0, 0.1) is 0 Å². The van der Waals surface area contributed by atoms with Gasteiger partial charge in [-0.15, -0.1) is 0 Å². The largest absolute Gasteiger partial charge is 0.520 e. The Kier molecular flexibility index (Phi) is 23.0. The smallest absolute Gasteiger partial charge is 0.174 e. The number of hydrogen-bond donors (Lipinski definition) is 0. The minimum Gasteiger partial charge on any atom is -0.520 e. The van der Waals surface area contributed by atoms with Crippen molar-refractivity contribution in [1.82, 2.24) is 0 Å². The molecular weight excluding hydrogens is 387 g/mol. The Bertz CT molecular complexity index is 325. The maximum absolute atomic E-state index is 4.05. The van der Waals surface area contributed by atoms with E-state index in [0.29, 0.717) is 8.64 Å². The molecule has 125 valence electrons. The van der Waals surface area contributed by atoms with Crippen LogP contribution in [0.5, 0.6) is 0 Å². The van der Waals surface area contributed by atoms with Gasteiger partial charge in [0.1, 0.15) is 0 Å². The molecule has 0 fully saturated rings. The summed E-state index contributed by atoms with van der Waals surface area (Å²) in [6.07, 6.45) is 5.73. The topological polar surface area (TPSA) is 52.9 Å². The predicted octanol–water partition coefficient (Wildman–Crippen LogP) is 3.75. The van der Waals surface area contributed by atoms with Crippen LogP contribution in [0.3, 0.4) is 0 Å². The van der Waals surface area contributed by atoms with Crippen LogP contribution in [0.15, 0.2) is 10.2 Å². The summed E-state index contributed by atoms with van der Waals surface area (Å²) >= 11 is 11.1. The van der Waals surface area contributed by atoms with E-state index in [2.05, 4.69) is 45.5 Å². The minimum absolute atomic E-state index is 0. The Labute approximate surface area is 158 Å². The van der Waals surface area contributed by atoms with Gasteiger partial charge in [-0.05, 0) is 50.6 Å². The van der Waals surface area contributed by atoms with Gasteiger partial charge in [-0.25, -0.2) is 0 Å². The molecule has 0 aromatic rings. The first-order valence-electron chi connectivity index (χ1n) is 6.09. The average molecular weight is 412 g/mol. The number of thioether (sulfide) groups is 2. The van der Waals surface area contributed by atoms with Crippen molar-refractivity contribution in [2.45, 2.75) is 40.5 Å². The standard InChI is InChI=1S/2C6H12N2S2.Co/c2*1-4-5(2)7-8-6(9)10-3;/h2*4H2,1-3H3,(H,8,9);.